The molecular weight excluding hydrogens is 578 g/mol. The number of rotatable bonds is 14. The van der Waals surface area contributed by atoms with Gasteiger partial charge in [0.25, 0.3) is 0 Å². The Kier molecular flexibility index (Phi) is 11.0. The number of amides is 2. The first-order valence-corrected chi connectivity index (χ1v) is 16.5. The van der Waals surface area contributed by atoms with Crippen molar-refractivity contribution in [3.05, 3.63) is 0 Å². The number of aliphatic imine (C=N–C) groups is 1. The van der Waals surface area contributed by atoms with E-state index in [0.29, 0.717) is 45.3 Å². The molecule has 16 heteroatoms. The van der Waals surface area contributed by atoms with Crippen molar-refractivity contribution in [1.29, 1.82) is 5.41 Å². The van der Waals surface area contributed by atoms with Gasteiger partial charge in [-0.2, -0.15) is 0 Å². The topological polar surface area (TPSA) is 239 Å². The van der Waals surface area contributed by atoms with Gasteiger partial charge in [0.1, 0.15) is 11.8 Å². The van der Waals surface area contributed by atoms with E-state index in [4.69, 9.17) is 27.3 Å². The molecule has 244 valence electrons. The van der Waals surface area contributed by atoms with E-state index in [1.165, 1.54) is 11.9 Å². The second kappa shape index (κ2) is 13.8. The van der Waals surface area contributed by atoms with Crippen molar-refractivity contribution in [2.45, 2.75) is 84.0 Å². The number of guanidine groups is 2. The average Bonchev–Trinajstić information content (AvgIpc) is 3.24. The van der Waals surface area contributed by atoms with Gasteiger partial charge in [0.05, 0.1) is 18.3 Å². The predicted octanol–water partition coefficient (Wildman–Crippen LogP) is -0.982. The molecule has 0 aromatic rings. The van der Waals surface area contributed by atoms with Crippen molar-refractivity contribution in [1.82, 2.24) is 19.8 Å². The number of ether oxygens (including phenoxy) is 1. The van der Waals surface area contributed by atoms with Gasteiger partial charge in [-0.05, 0) is 56.8 Å². The van der Waals surface area contributed by atoms with Crippen LogP contribution in [-0.4, -0.2) is 105 Å². The number of nitrogens with one attached hydrogen (secondary N) is 3. The molecule has 2 saturated carbocycles. The number of nitrogens with zero attached hydrogens (tertiary/aromatic N) is 3. The minimum Gasteiger partial charge on any atom is -0.370 e. The van der Waals surface area contributed by atoms with Gasteiger partial charge in [-0.25, -0.2) is 13.1 Å². The first-order chi connectivity index (χ1) is 20.0. The quantitative estimate of drug-likeness (QED) is 0.0781. The van der Waals surface area contributed by atoms with Crippen molar-refractivity contribution in [3.63, 3.8) is 0 Å². The highest BCUT2D eigenvalue weighted by atomic mass is 32.2. The van der Waals surface area contributed by atoms with E-state index in [9.17, 15) is 22.8 Å². The first-order valence-electron chi connectivity index (χ1n) is 14.9. The number of hydrogen-bond acceptors (Lipinski definition) is 8. The lowest BCUT2D eigenvalue weighted by Gasteiger charge is -2.41. The molecule has 0 spiro atoms. The number of Topliss-reactive ketones (excluding diaryl/α,β-unsaturated/α-hetero) is 1. The largest absolute Gasteiger partial charge is 0.370 e. The lowest BCUT2D eigenvalue weighted by molar-refractivity contribution is -0.137. The average molecular weight is 628 g/mol. The van der Waals surface area contributed by atoms with Crippen molar-refractivity contribution in [3.8, 4) is 0 Å². The molecule has 43 heavy (non-hydrogen) atoms. The Balaban J connectivity index is 1.71. The normalized spacial score (nSPS) is 27.0. The van der Waals surface area contributed by atoms with Crippen LogP contribution in [0.15, 0.2) is 4.99 Å². The Morgan fingerprint density at radius 1 is 1.26 bits per heavy atom. The van der Waals surface area contributed by atoms with Crippen LogP contribution in [0.25, 0.3) is 0 Å². The molecule has 3 fully saturated rings. The fourth-order valence-corrected chi connectivity index (χ4v) is 9.05. The Bertz CT molecular complexity index is 1210. The molecule has 1 aliphatic heterocycles. The lowest BCUT2D eigenvalue weighted by atomic mass is 9.70. The number of likely N-dealkylation sites (tertiary alicyclic amines) is 1. The van der Waals surface area contributed by atoms with Gasteiger partial charge in [0.2, 0.25) is 21.8 Å². The molecule has 0 aromatic carbocycles. The standard InChI is InChI=1S/C27H49N9O6S/c1-5-42-23-19(9-7-13-36(23)25(30)31)33-21(38)15-35(4)22(39)18(8-6-12-32-24(28)29)34-43(40,41)16-27-11-10-17(14-20(27)37)26(27,2)3/h17-19,23,34H,5-16H2,1-4H3,(H3,30,31)(H,33,38)(H4,28,29,32). The highest BCUT2D eigenvalue weighted by molar-refractivity contribution is 7.89. The van der Waals surface area contributed by atoms with Crippen LogP contribution in [0, 0.1) is 22.2 Å². The summed E-state index contributed by atoms with van der Waals surface area (Å²) in [5.41, 5.74) is 15.1. The molecule has 0 aromatic heterocycles. The molecule has 1 saturated heterocycles. The number of carbonyl (C=O) groups excluding carboxylic acids is 3. The fourth-order valence-electron chi connectivity index (χ4n) is 6.99. The van der Waals surface area contributed by atoms with Gasteiger partial charge in [0.15, 0.2) is 18.1 Å². The molecule has 3 rings (SSSR count). The third-order valence-corrected chi connectivity index (χ3v) is 11.0. The molecule has 0 radical (unpaired) electrons. The Labute approximate surface area is 254 Å². The molecule has 5 atom stereocenters. The van der Waals surface area contributed by atoms with E-state index in [1.807, 2.05) is 13.8 Å². The number of ketones is 1. The number of piperidine rings is 1. The summed E-state index contributed by atoms with van der Waals surface area (Å²) in [4.78, 5) is 46.2. The third kappa shape index (κ3) is 7.76. The smallest absolute Gasteiger partial charge is 0.240 e. The van der Waals surface area contributed by atoms with E-state index in [1.54, 1.807) is 11.8 Å². The summed E-state index contributed by atoms with van der Waals surface area (Å²) in [5.74, 6) is -1.63. The van der Waals surface area contributed by atoms with Gasteiger partial charge in [-0.1, -0.05) is 13.8 Å². The van der Waals surface area contributed by atoms with Crippen LogP contribution in [0.5, 0.6) is 0 Å². The number of sulfonamides is 1. The van der Waals surface area contributed by atoms with E-state index in [2.05, 4.69) is 15.0 Å². The van der Waals surface area contributed by atoms with Crippen molar-refractivity contribution < 1.29 is 27.5 Å². The molecule has 15 nitrogen and oxygen atoms in total. The first kappa shape index (κ1) is 34.5. The molecule has 3 aliphatic rings. The van der Waals surface area contributed by atoms with Crippen LogP contribution in [0.4, 0.5) is 0 Å². The summed E-state index contributed by atoms with van der Waals surface area (Å²) in [6.07, 6.45) is 2.71. The highest BCUT2D eigenvalue weighted by Gasteiger charge is 2.65. The van der Waals surface area contributed by atoms with Crippen LogP contribution in [0.3, 0.4) is 0 Å². The van der Waals surface area contributed by atoms with Crippen LogP contribution >= 0.6 is 0 Å². The minimum absolute atomic E-state index is 0.0417. The molecule has 1 heterocycles. The maximum Gasteiger partial charge on any atom is 0.240 e. The molecule has 9 N–H and O–H groups in total. The van der Waals surface area contributed by atoms with Crippen LogP contribution < -0.4 is 27.2 Å². The van der Waals surface area contributed by atoms with E-state index < -0.39 is 56.7 Å². The number of fused-ring (bicyclic) bond motifs is 2. The van der Waals surface area contributed by atoms with Crippen molar-refractivity contribution in [2.24, 2.45) is 38.9 Å². The summed E-state index contributed by atoms with van der Waals surface area (Å²) >= 11 is 0. The van der Waals surface area contributed by atoms with E-state index in [-0.39, 0.29) is 43.1 Å². The molecule has 2 amide bonds. The second-order valence-corrected chi connectivity index (χ2v) is 14.2. The van der Waals surface area contributed by atoms with Gasteiger partial charge in [-0.15, -0.1) is 0 Å². The summed E-state index contributed by atoms with van der Waals surface area (Å²) in [7, 11) is -2.66. The van der Waals surface area contributed by atoms with Gasteiger partial charge in [-0.3, -0.25) is 24.8 Å². The minimum atomic E-state index is -4.08. The van der Waals surface area contributed by atoms with Gasteiger partial charge in [0, 0.05) is 38.6 Å². The Hall–Kier alpha value is -2.98. The maximum absolute atomic E-state index is 13.6. The molecule has 5 unspecified atom stereocenters. The Morgan fingerprint density at radius 2 is 1.95 bits per heavy atom. The summed E-state index contributed by atoms with van der Waals surface area (Å²) in [5, 5.41) is 10.7. The summed E-state index contributed by atoms with van der Waals surface area (Å²) < 4.78 is 35.4. The number of nitrogens with two attached hydrogens (primary N) is 3. The second-order valence-electron chi connectivity index (χ2n) is 12.5. The zero-order valence-corrected chi connectivity index (χ0v) is 26.5. The zero-order chi connectivity index (χ0) is 32.2. The number of carbonyl (C=O) groups is 3. The summed E-state index contributed by atoms with van der Waals surface area (Å²) in [6, 6.07) is -1.64. The van der Waals surface area contributed by atoms with E-state index >= 15 is 0 Å². The van der Waals surface area contributed by atoms with Gasteiger partial charge < -0.3 is 37.1 Å². The predicted molar refractivity (Wildman–Crippen MR) is 162 cm³/mol. The number of hydrogen-bond donors (Lipinski definition) is 6. The molecule has 2 bridgehead atoms. The van der Waals surface area contributed by atoms with Crippen molar-refractivity contribution in [2.75, 3.05) is 39.0 Å². The summed E-state index contributed by atoms with van der Waals surface area (Å²) in [6.45, 7) is 6.43. The number of likely N-dealkylation sites (N-methyl/N-ethyl adjacent to an activating group) is 1. The van der Waals surface area contributed by atoms with E-state index in [0.717, 1.165) is 6.42 Å². The Morgan fingerprint density at radius 3 is 2.51 bits per heavy atom. The van der Waals surface area contributed by atoms with Crippen LogP contribution in [0.1, 0.15) is 65.7 Å². The van der Waals surface area contributed by atoms with Crippen molar-refractivity contribution >= 4 is 39.5 Å². The zero-order valence-electron chi connectivity index (χ0n) is 25.7. The third-order valence-electron chi connectivity index (χ3n) is 9.46. The highest BCUT2D eigenvalue weighted by Crippen LogP contribution is 2.64. The monoisotopic (exact) mass is 627 g/mol. The molecule has 2 aliphatic carbocycles. The maximum atomic E-state index is 13.6. The van der Waals surface area contributed by atoms with Gasteiger partial charge >= 0.3 is 0 Å². The lowest BCUT2D eigenvalue weighted by Crippen LogP contribution is -2.60. The van der Waals surface area contributed by atoms with Crippen LogP contribution in [0.2, 0.25) is 0 Å². The van der Waals surface area contributed by atoms with Crippen LogP contribution in [-0.2, 0) is 29.1 Å². The molecular formula is C27H49N9O6S. The fraction of sp³-hybridized carbons (Fsp3) is 0.815. The SMILES string of the molecule is CCOC1C(NC(=O)CN(C)C(=O)C(CCCN=C(N)N)NS(=O)(=O)CC23CCC(CC2=O)C3(C)C)CCCN1C(=N)N.